The summed E-state index contributed by atoms with van der Waals surface area (Å²) in [5, 5.41) is 0. The fourth-order valence-corrected chi connectivity index (χ4v) is 1.82. The molecule has 0 amide bonds. The van der Waals surface area contributed by atoms with Crippen molar-refractivity contribution in [3.05, 3.63) is 0 Å². The molecule has 70 valence electrons. The molecule has 0 aliphatic carbocycles. The van der Waals surface area contributed by atoms with Crippen LogP contribution in [0.4, 0.5) is 0 Å². The van der Waals surface area contributed by atoms with E-state index in [0.29, 0.717) is 6.42 Å². The highest BCUT2D eigenvalue weighted by molar-refractivity contribution is 7.99. The highest BCUT2D eigenvalue weighted by atomic mass is 32.2. The van der Waals surface area contributed by atoms with Crippen LogP contribution < -0.4 is 0 Å². The van der Waals surface area contributed by atoms with Gasteiger partial charge in [-0.25, -0.2) is 0 Å². The van der Waals surface area contributed by atoms with Crippen LogP contribution in [-0.4, -0.2) is 24.1 Å². The largest absolute Gasteiger partial charge is 0.303 e. The molecule has 0 aromatic heterocycles. The zero-order valence-corrected chi connectivity index (χ0v) is 8.31. The number of unbranched alkanes of at least 4 members (excludes halogenated alkanes) is 1. The Morgan fingerprint density at radius 2 is 2.08 bits per heavy atom. The van der Waals surface area contributed by atoms with Crippen molar-refractivity contribution in [2.75, 3.05) is 11.5 Å². The molecule has 0 aromatic rings. The number of thioether (sulfide) groups is 1. The smallest absolute Gasteiger partial charge is 0.122 e. The van der Waals surface area contributed by atoms with Gasteiger partial charge in [0.1, 0.15) is 12.6 Å². The summed E-state index contributed by atoms with van der Waals surface area (Å²) in [5.41, 5.74) is 0. The summed E-state index contributed by atoms with van der Waals surface area (Å²) in [7, 11) is 0. The minimum Gasteiger partial charge on any atom is -0.303 e. The lowest BCUT2D eigenvalue weighted by atomic mass is 10.1. The lowest BCUT2D eigenvalue weighted by Crippen LogP contribution is -1.97. The van der Waals surface area contributed by atoms with Crippen LogP contribution in [0.2, 0.25) is 0 Å². The first-order chi connectivity index (χ1) is 5.81. The van der Waals surface area contributed by atoms with E-state index in [4.69, 9.17) is 0 Å². The molecule has 0 radical (unpaired) electrons. The highest BCUT2D eigenvalue weighted by Gasteiger charge is 1.98. The molecular formula is C9H16O2S. The normalized spacial score (nSPS) is 12.4. The molecule has 0 rings (SSSR count). The van der Waals surface area contributed by atoms with Crippen LogP contribution in [0.3, 0.4) is 0 Å². The molecule has 0 saturated carbocycles. The van der Waals surface area contributed by atoms with Crippen LogP contribution in [0.1, 0.15) is 26.2 Å². The summed E-state index contributed by atoms with van der Waals surface area (Å²) < 4.78 is 0. The first-order valence-electron chi connectivity index (χ1n) is 4.28. The van der Waals surface area contributed by atoms with Crippen molar-refractivity contribution in [3.8, 4) is 0 Å². The third kappa shape index (κ3) is 7.79. The number of carbonyl (C=O) groups excluding carboxylic acids is 2. The standard InChI is InChI=1S/C9H16O2S/c1-9(8-11)4-7-12-6-3-2-5-10/h5,8-9H,2-4,6-7H2,1H3. The third-order valence-corrected chi connectivity index (χ3v) is 2.66. The van der Waals surface area contributed by atoms with Crippen LogP contribution in [0.15, 0.2) is 0 Å². The van der Waals surface area contributed by atoms with E-state index in [1.165, 1.54) is 0 Å². The van der Waals surface area contributed by atoms with Crippen molar-refractivity contribution in [3.63, 3.8) is 0 Å². The summed E-state index contributed by atoms with van der Waals surface area (Å²) in [6, 6.07) is 0. The van der Waals surface area contributed by atoms with E-state index in [0.717, 1.165) is 36.9 Å². The van der Waals surface area contributed by atoms with Crippen molar-refractivity contribution in [1.82, 2.24) is 0 Å². The maximum Gasteiger partial charge on any atom is 0.122 e. The minimum absolute atomic E-state index is 0.184. The van der Waals surface area contributed by atoms with Crippen LogP contribution in [0.25, 0.3) is 0 Å². The summed E-state index contributed by atoms with van der Waals surface area (Å²) in [5.74, 6) is 2.24. The number of carbonyl (C=O) groups is 2. The van der Waals surface area contributed by atoms with Gasteiger partial charge in [0.2, 0.25) is 0 Å². The second kappa shape index (κ2) is 8.78. The molecule has 2 nitrogen and oxygen atoms in total. The Kier molecular flexibility index (Phi) is 8.56. The number of hydrogen-bond donors (Lipinski definition) is 0. The number of hydrogen-bond acceptors (Lipinski definition) is 3. The molecule has 0 bridgehead atoms. The van der Waals surface area contributed by atoms with Gasteiger partial charge in [-0.3, -0.25) is 0 Å². The van der Waals surface area contributed by atoms with Gasteiger partial charge in [0.15, 0.2) is 0 Å². The Balaban J connectivity index is 2.99. The monoisotopic (exact) mass is 188 g/mol. The molecule has 0 aromatic carbocycles. The summed E-state index contributed by atoms with van der Waals surface area (Å²) in [6.07, 6.45) is 4.52. The Morgan fingerprint density at radius 3 is 2.67 bits per heavy atom. The average Bonchev–Trinajstić information content (AvgIpc) is 2.10. The predicted molar refractivity (Wildman–Crippen MR) is 52.5 cm³/mol. The van der Waals surface area contributed by atoms with Crippen LogP contribution in [0.5, 0.6) is 0 Å². The average molecular weight is 188 g/mol. The lowest BCUT2D eigenvalue weighted by molar-refractivity contribution is -0.110. The molecule has 0 aliphatic heterocycles. The van der Waals surface area contributed by atoms with Crippen molar-refractivity contribution in [2.45, 2.75) is 26.2 Å². The maximum absolute atomic E-state index is 10.2. The maximum atomic E-state index is 10.2. The Hall–Kier alpha value is -0.310. The van der Waals surface area contributed by atoms with Gasteiger partial charge in [-0.2, -0.15) is 11.8 Å². The molecule has 12 heavy (non-hydrogen) atoms. The second-order valence-electron chi connectivity index (χ2n) is 2.82. The fraction of sp³-hybridized carbons (Fsp3) is 0.778. The lowest BCUT2D eigenvalue weighted by Gasteiger charge is -2.01. The van der Waals surface area contributed by atoms with E-state index in [-0.39, 0.29) is 5.92 Å². The third-order valence-electron chi connectivity index (χ3n) is 1.56. The first kappa shape index (κ1) is 11.7. The van der Waals surface area contributed by atoms with Gasteiger partial charge in [-0.15, -0.1) is 0 Å². The topological polar surface area (TPSA) is 34.1 Å². The van der Waals surface area contributed by atoms with Crippen molar-refractivity contribution in [2.24, 2.45) is 5.92 Å². The van der Waals surface area contributed by atoms with Gasteiger partial charge in [-0.1, -0.05) is 6.92 Å². The number of aldehydes is 2. The first-order valence-corrected chi connectivity index (χ1v) is 5.43. The van der Waals surface area contributed by atoms with Gasteiger partial charge < -0.3 is 9.59 Å². The summed E-state index contributed by atoms with van der Waals surface area (Å²) in [4.78, 5) is 20.2. The summed E-state index contributed by atoms with van der Waals surface area (Å²) >= 11 is 1.82. The summed E-state index contributed by atoms with van der Waals surface area (Å²) in [6.45, 7) is 1.93. The molecule has 0 saturated heterocycles. The Morgan fingerprint density at radius 1 is 1.33 bits per heavy atom. The molecule has 3 heteroatoms. The molecular weight excluding hydrogens is 172 g/mol. The zero-order valence-electron chi connectivity index (χ0n) is 7.49. The van der Waals surface area contributed by atoms with Gasteiger partial charge in [0.05, 0.1) is 0 Å². The van der Waals surface area contributed by atoms with E-state index in [1.54, 1.807) is 0 Å². The van der Waals surface area contributed by atoms with Gasteiger partial charge in [-0.05, 0) is 24.3 Å². The molecule has 1 unspecified atom stereocenters. The van der Waals surface area contributed by atoms with Gasteiger partial charge >= 0.3 is 0 Å². The van der Waals surface area contributed by atoms with Crippen molar-refractivity contribution < 1.29 is 9.59 Å². The molecule has 0 fully saturated rings. The molecule has 0 N–H and O–H groups in total. The fourth-order valence-electron chi connectivity index (χ4n) is 0.708. The van der Waals surface area contributed by atoms with Crippen LogP contribution in [-0.2, 0) is 9.59 Å². The van der Waals surface area contributed by atoms with Crippen molar-refractivity contribution in [1.29, 1.82) is 0 Å². The van der Waals surface area contributed by atoms with E-state index in [1.807, 2.05) is 18.7 Å². The Bertz CT molecular complexity index is 126. The molecule has 1 atom stereocenters. The van der Waals surface area contributed by atoms with E-state index in [2.05, 4.69) is 0 Å². The number of rotatable bonds is 8. The molecule has 0 heterocycles. The molecule has 0 aliphatic rings. The predicted octanol–water partition coefficient (Wildman–Crippen LogP) is 1.92. The SMILES string of the molecule is CC(C=O)CCSCCCC=O. The highest BCUT2D eigenvalue weighted by Crippen LogP contribution is 2.09. The van der Waals surface area contributed by atoms with Crippen LogP contribution in [0, 0.1) is 5.92 Å². The minimum atomic E-state index is 0.184. The van der Waals surface area contributed by atoms with Crippen LogP contribution >= 0.6 is 11.8 Å². The van der Waals surface area contributed by atoms with Crippen molar-refractivity contribution >= 4 is 24.3 Å². The molecule has 0 spiro atoms. The zero-order chi connectivity index (χ0) is 9.23. The quantitative estimate of drug-likeness (QED) is 0.431. The van der Waals surface area contributed by atoms with E-state index >= 15 is 0 Å². The second-order valence-corrected chi connectivity index (χ2v) is 4.05. The van der Waals surface area contributed by atoms with Gasteiger partial charge in [0.25, 0.3) is 0 Å². The van der Waals surface area contributed by atoms with E-state index < -0.39 is 0 Å². The van der Waals surface area contributed by atoms with E-state index in [9.17, 15) is 9.59 Å². The Labute approximate surface area is 78.1 Å². The van der Waals surface area contributed by atoms with Gasteiger partial charge in [0, 0.05) is 12.3 Å².